The molecule has 5 N–H and O–H groups in total. The van der Waals surface area contributed by atoms with Crippen molar-refractivity contribution in [1.82, 2.24) is 9.44 Å². The van der Waals surface area contributed by atoms with Gasteiger partial charge in [0.2, 0.25) is 0 Å². The van der Waals surface area contributed by atoms with Gasteiger partial charge in [-0.3, -0.25) is 0 Å². The molecule has 0 aliphatic carbocycles. The van der Waals surface area contributed by atoms with Gasteiger partial charge in [-0.05, 0) is 6.42 Å². The minimum absolute atomic E-state index is 0.247. The summed E-state index contributed by atoms with van der Waals surface area (Å²) in [7, 11) is -3.84. The average Bonchev–Trinajstić information content (AvgIpc) is 2.54. The molecule has 0 aromatic heterocycles. The number of unbranched alkanes of at least 4 members (excludes halogenated alkanes) is 7. The van der Waals surface area contributed by atoms with Gasteiger partial charge in [0.1, 0.15) is 18.3 Å². The molecule has 0 radical (unpaired) electrons. The fraction of sp³-hybridized carbons (Fsp3) is 1.00. The van der Waals surface area contributed by atoms with Crippen molar-refractivity contribution in [1.29, 1.82) is 0 Å². The van der Waals surface area contributed by atoms with E-state index in [9.17, 15) is 23.7 Å². The van der Waals surface area contributed by atoms with Crippen LogP contribution in [0.4, 0.5) is 0 Å². The Morgan fingerprint density at radius 3 is 2.17 bits per heavy atom. The highest BCUT2D eigenvalue weighted by atomic mass is 32.2. The highest BCUT2D eigenvalue weighted by molar-refractivity contribution is 7.87. The second-order valence-electron chi connectivity index (χ2n) is 6.29. The van der Waals surface area contributed by atoms with Crippen molar-refractivity contribution in [3.63, 3.8) is 0 Å². The number of ether oxygens (including phenoxy) is 1. The standard InChI is InChI=1S/C15H32N2O6S/c1-2-3-4-5-6-7-8-9-10-16-24(21,22)17-15-14(20)13(19)12(18)11-23-15/h12-20H,2-11H2,1H3/t12-,13-,14+,15+/m1/s1. The zero-order valence-electron chi connectivity index (χ0n) is 14.4. The molecule has 0 unspecified atom stereocenters. The molecule has 1 saturated heterocycles. The van der Waals surface area contributed by atoms with Crippen molar-refractivity contribution in [3.05, 3.63) is 0 Å². The summed E-state index contributed by atoms with van der Waals surface area (Å²) in [4.78, 5) is 0. The molecule has 0 amide bonds. The van der Waals surface area contributed by atoms with E-state index in [4.69, 9.17) is 4.74 Å². The summed E-state index contributed by atoms with van der Waals surface area (Å²) in [6.45, 7) is 2.24. The second-order valence-corrected chi connectivity index (χ2v) is 7.82. The van der Waals surface area contributed by atoms with Crippen LogP contribution in [-0.2, 0) is 14.9 Å². The lowest BCUT2D eigenvalue weighted by atomic mass is 10.1. The number of nitrogens with one attached hydrogen (secondary N) is 2. The molecule has 9 heteroatoms. The van der Waals surface area contributed by atoms with Crippen LogP contribution in [0.15, 0.2) is 0 Å². The van der Waals surface area contributed by atoms with E-state index in [1.807, 2.05) is 0 Å². The van der Waals surface area contributed by atoms with E-state index in [0.717, 1.165) is 19.3 Å². The Morgan fingerprint density at radius 1 is 0.958 bits per heavy atom. The Labute approximate surface area is 144 Å². The second kappa shape index (κ2) is 11.3. The number of aliphatic hydroxyl groups is 3. The summed E-state index contributed by atoms with van der Waals surface area (Å²) in [5, 5.41) is 28.6. The summed E-state index contributed by atoms with van der Waals surface area (Å²) in [5.74, 6) is 0. The number of rotatable bonds is 12. The first-order valence-electron chi connectivity index (χ1n) is 8.80. The van der Waals surface area contributed by atoms with Crippen molar-refractivity contribution in [2.75, 3.05) is 13.2 Å². The highest BCUT2D eigenvalue weighted by Gasteiger charge is 2.39. The maximum atomic E-state index is 11.9. The molecule has 24 heavy (non-hydrogen) atoms. The highest BCUT2D eigenvalue weighted by Crippen LogP contribution is 2.14. The van der Waals surface area contributed by atoms with Crippen molar-refractivity contribution < 1.29 is 28.5 Å². The van der Waals surface area contributed by atoms with E-state index in [2.05, 4.69) is 16.4 Å². The van der Waals surface area contributed by atoms with Crippen LogP contribution in [-0.4, -0.2) is 61.4 Å². The Balaban J connectivity index is 2.16. The van der Waals surface area contributed by atoms with Gasteiger partial charge in [0.05, 0.1) is 6.61 Å². The first-order chi connectivity index (χ1) is 11.4. The molecule has 1 aliphatic rings. The summed E-state index contributed by atoms with van der Waals surface area (Å²) in [6, 6.07) is 0. The molecular formula is C15H32N2O6S. The molecule has 1 rings (SSSR count). The maximum absolute atomic E-state index is 11.9. The van der Waals surface area contributed by atoms with Crippen LogP contribution in [0.25, 0.3) is 0 Å². The molecule has 0 aromatic rings. The summed E-state index contributed by atoms with van der Waals surface area (Å²) >= 11 is 0. The van der Waals surface area contributed by atoms with Gasteiger partial charge in [-0.15, -0.1) is 0 Å². The van der Waals surface area contributed by atoms with Gasteiger partial charge in [0, 0.05) is 6.54 Å². The third-order valence-electron chi connectivity index (χ3n) is 4.09. The molecule has 4 atom stereocenters. The monoisotopic (exact) mass is 368 g/mol. The lowest BCUT2D eigenvalue weighted by Crippen LogP contribution is -2.60. The Bertz CT molecular complexity index is 434. The Kier molecular flexibility index (Phi) is 10.3. The molecule has 0 bridgehead atoms. The topological polar surface area (TPSA) is 128 Å². The SMILES string of the molecule is CCCCCCCCCCNS(=O)(=O)N[C@H]1OC[C@@H](O)[C@@H](O)[C@@H]1O. The van der Waals surface area contributed by atoms with Crippen LogP contribution >= 0.6 is 0 Å². The molecular weight excluding hydrogens is 336 g/mol. The minimum atomic E-state index is -3.84. The van der Waals surface area contributed by atoms with Crippen LogP contribution in [0.1, 0.15) is 58.3 Å². The predicted octanol–water partition coefficient (Wildman–Crippen LogP) is -0.00990. The quantitative estimate of drug-likeness (QED) is 0.308. The van der Waals surface area contributed by atoms with Crippen LogP contribution in [0, 0.1) is 0 Å². The van der Waals surface area contributed by atoms with Gasteiger partial charge >= 0.3 is 0 Å². The molecule has 8 nitrogen and oxygen atoms in total. The average molecular weight is 368 g/mol. The summed E-state index contributed by atoms with van der Waals surface area (Å²) in [5.41, 5.74) is 0. The first-order valence-corrected chi connectivity index (χ1v) is 10.3. The first kappa shape index (κ1) is 21.8. The Morgan fingerprint density at radius 2 is 1.54 bits per heavy atom. The van der Waals surface area contributed by atoms with Crippen LogP contribution < -0.4 is 9.44 Å². The third-order valence-corrected chi connectivity index (χ3v) is 5.22. The van der Waals surface area contributed by atoms with Gasteiger partial charge in [0.25, 0.3) is 10.2 Å². The lowest BCUT2D eigenvalue weighted by molar-refractivity contribution is -0.189. The fourth-order valence-corrected chi connectivity index (χ4v) is 3.58. The van der Waals surface area contributed by atoms with Crippen LogP contribution in [0.5, 0.6) is 0 Å². The van der Waals surface area contributed by atoms with Crippen molar-refractivity contribution in [3.8, 4) is 0 Å². The van der Waals surface area contributed by atoms with E-state index in [1.165, 1.54) is 32.1 Å². The predicted molar refractivity (Wildman–Crippen MR) is 90.4 cm³/mol. The zero-order chi connectivity index (χ0) is 18.0. The molecule has 1 fully saturated rings. The molecule has 0 saturated carbocycles. The van der Waals surface area contributed by atoms with Gasteiger partial charge < -0.3 is 20.1 Å². The molecule has 0 spiro atoms. The van der Waals surface area contributed by atoms with Crippen LogP contribution in [0.2, 0.25) is 0 Å². The van der Waals surface area contributed by atoms with Crippen LogP contribution in [0.3, 0.4) is 0 Å². The van der Waals surface area contributed by atoms with Gasteiger partial charge in [-0.2, -0.15) is 13.1 Å². The largest absolute Gasteiger partial charge is 0.388 e. The van der Waals surface area contributed by atoms with E-state index in [1.54, 1.807) is 0 Å². The molecule has 144 valence electrons. The normalized spacial score (nSPS) is 28.2. The lowest BCUT2D eigenvalue weighted by Gasteiger charge is -2.35. The van der Waals surface area contributed by atoms with Gasteiger partial charge in [0.15, 0.2) is 6.23 Å². The van der Waals surface area contributed by atoms with E-state index in [0.29, 0.717) is 6.54 Å². The molecule has 1 heterocycles. The van der Waals surface area contributed by atoms with E-state index in [-0.39, 0.29) is 6.61 Å². The Hall–Kier alpha value is -0.290. The van der Waals surface area contributed by atoms with E-state index >= 15 is 0 Å². The third kappa shape index (κ3) is 8.19. The van der Waals surface area contributed by atoms with Crippen molar-refractivity contribution in [2.24, 2.45) is 0 Å². The summed E-state index contributed by atoms with van der Waals surface area (Å²) in [6.07, 6.45) is 3.48. The molecule has 1 aliphatic heterocycles. The van der Waals surface area contributed by atoms with Crippen molar-refractivity contribution >= 4 is 10.2 Å². The molecule has 0 aromatic carbocycles. The number of aliphatic hydroxyl groups excluding tert-OH is 3. The summed E-state index contributed by atoms with van der Waals surface area (Å²) < 4.78 is 33.3. The van der Waals surface area contributed by atoms with Crippen molar-refractivity contribution in [2.45, 2.75) is 82.8 Å². The smallest absolute Gasteiger partial charge is 0.279 e. The number of hydrogen-bond acceptors (Lipinski definition) is 6. The van der Waals surface area contributed by atoms with Gasteiger partial charge in [-0.25, -0.2) is 4.72 Å². The fourth-order valence-electron chi connectivity index (χ4n) is 2.57. The number of hydrogen-bond donors (Lipinski definition) is 5. The van der Waals surface area contributed by atoms with Gasteiger partial charge in [-0.1, -0.05) is 51.9 Å². The zero-order valence-corrected chi connectivity index (χ0v) is 15.2. The maximum Gasteiger partial charge on any atom is 0.279 e. The van der Waals surface area contributed by atoms with E-state index < -0.39 is 34.7 Å². The minimum Gasteiger partial charge on any atom is -0.388 e.